The number of rotatable bonds is 4. The lowest BCUT2D eigenvalue weighted by Crippen LogP contribution is -2.41. The highest BCUT2D eigenvalue weighted by Gasteiger charge is 2.40. The monoisotopic (exact) mass is 293 g/mol. The van der Waals surface area contributed by atoms with Crippen molar-refractivity contribution < 1.29 is 4.74 Å². The lowest BCUT2D eigenvalue weighted by Gasteiger charge is -2.46. The summed E-state index contributed by atoms with van der Waals surface area (Å²) in [6, 6.07) is 0.862. The molecule has 2 aliphatic carbocycles. The van der Waals surface area contributed by atoms with E-state index in [2.05, 4.69) is 26.1 Å². The Morgan fingerprint density at radius 3 is 2.29 bits per heavy atom. The second-order valence-electron chi connectivity index (χ2n) is 8.93. The highest BCUT2D eigenvalue weighted by molar-refractivity contribution is 4.91. The highest BCUT2D eigenvalue weighted by Crippen LogP contribution is 2.47. The van der Waals surface area contributed by atoms with E-state index in [0.717, 1.165) is 42.9 Å². The first kappa shape index (κ1) is 15.8. The van der Waals surface area contributed by atoms with Gasteiger partial charge in [-0.2, -0.15) is 0 Å². The molecule has 0 aromatic heterocycles. The molecule has 2 heteroatoms. The van der Waals surface area contributed by atoms with Gasteiger partial charge in [0.2, 0.25) is 0 Å². The minimum Gasteiger partial charge on any atom is -0.381 e. The van der Waals surface area contributed by atoms with Crippen LogP contribution in [0.2, 0.25) is 0 Å². The predicted octanol–water partition coefficient (Wildman–Crippen LogP) is 4.24. The SMILES string of the molecule is CC(C)(C)C1CCC(CNC2CC2)C(C2CCOCC2)C1. The van der Waals surface area contributed by atoms with E-state index in [1.165, 1.54) is 51.5 Å². The van der Waals surface area contributed by atoms with Crippen molar-refractivity contribution in [1.82, 2.24) is 5.32 Å². The average molecular weight is 293 g/mol. The molecular weight excluding hydrogens is 258 g/mol. The second-order valence-corrected chi connectivity index (χ2v) is 8.93. The molecule has 2 nitrogen and oxygen atoms in total. The van der Waals surface area contributed by atoms with Crippen LogP contribution in [-0.4, -0.2) is 25.8 Å². The molecule has 0 amide bonds. The maximum absolute atomic E-state index is 5.61. The van der Waals surface area contributed by atoms with Crippen molar-refractivity contribution in [1.29, 1.82) is 0 Å². The summed E-state index contributed by atoms with van der Waals surface area (Å²) < 4.78 is 5.61. The van der Waals surface area contributed by atoms with Gasteiger partial charge in [0.15, 0.2) is 0 Å². The molecular formula is C19H35NO. The van der Waals surface area contributed by atoms with Gasteiger partial charge in [-0.3, -0.25) is 0 Å². The summed E-state index contributed by atoms with van der Waals surface area (Å²) in [6.07, 6.45) is 9.80. The van der Waals surface area contributed by atoms with Gasteiger partial charge in [0.1, 0.15) is 0 Å². The molecule has 21 heavy (non-hydrogen) atoms. The van der Waals surface area contributed by atoms with Crippen molar-refractivity contribution in [2.24, 2.45) is 29.1 Å². The van der Waals surface area contributed by atoms with E-state index in [4.69, 9.17) is 4.74 Å². The molecule has 1 aliphatic heterocycles. The topological polar surface area (TPSA) is 21.3 Å². The van der Waals surface area contributed by atoms with E-state index in [-0.39, 0.29) is 0 Å². The molecule has 3 unspecified atom stereocenters. The Morgan fingerprint density at radius 1 is 0.952 bits per heavy atom. The fraction of sp³-hybridized carbons (Fsp3) is 1.00. The first-order valence-electron chi connectivity index (χ1n) is 9.35. The number of ether oxygens (including phenoxy) is 1. The summed E-state index contributed by atoms with van der Waals surface area (Å²) in [7, 11) is 0. The highest BCUT2D eigenvalue weighted by atomic mass is 16.5. The van der Waals surface area contributed by atoms with Crippen molar-refractivity contribution in [2.75, 3.05) is 19.8 Å². The summed E-state index contributed by atoms with van der Waals surface area (Å²) >= 11 is 0. The van der Waals surface area contributed by atoms with E-state index in [9.17, 15) is 0 Å². The van der Waals surface area contributed by atoms with Crippen molar-refractivity contribution in [3.05, 3.63) is 0 Å². The quantitative estimate of drug-likeness (QED) is 0.837. The first-order chi connectivity index (χ1) is 10.0. The van der Waals surface area contributed by atoms with Crippen LogP contribution in [0.1, 0.15) is 65.7 Å². The third-order valence-electron chi connectivity index (χ3n) is 6.39. The summed E-state index contributed by atoms with van der Waals surface area (Å²) in [4.78, 5) is 0. The summed E-state index contributed by atoms with van der Waals surface area (Å²) in [5.74, 6) is 3.71. The van der Waals surface area contributed by atoms with Crippen LogP contribution in [0.25, 0.3) is 0 Å². The minimum absolute atomic E-state index is 0.484. The maximum Gasteiger partial charge on any atom is 0.0468 e. The third-order valence-corrected chi connectivity index (χ3v) is 6.39. The smallest absolute Gasteiger partial charge is 0.0468 e. The van der Waals surface area contributed by atoms with Crippen LogP contribution in [0.5, 0.6) is 0 Å². The van der Waals surface area contributed by atoms with Gasteiger partial charge < -0.3 is 10.1 Å². The lowest BCUT2D eigenvalue weighted by molar-refractivity contribution is 0.000215. The van der Waals surface area contributed by atoms with Gasteiger partial charge in [-0.25, -0.2) is 0 Å². The Morgan fingerprint density at radius 2 is 1.67 bits per heavy atom. The van der Waals surface area contributed by atoms with E-state index in [0.29, 0.717) is 5.41 Å². The molecule has 1 N–H and O–H groups in total. The molecule has 1 heterocycles. The zero-order chi connectivity index (χ0) is 14.9. The first-order valence-corrected chi connectivity index (χ1v) is 9.35. The zero-order valence-corrected chi connectivity index (χ0v) is 14.4. The zero-order valence-electron chi connectivity index (χ0n) is 14.4. The number of hydrogen-bond donors (Lipinski definition) is 1. The Balaban J connectivity index is 1.63. The van der Waals surface area contributed by atoms with Gasteiger partial charge in [0.25, 0.3) is 0 Å². The molecule has 1 saturated heterocycles. The Hall–Kier alpha value is -0.0800. The van der Waals surface area contributed by atoms with Crippen LogP contribution in [0.3, 0.4) is 0 Å². The largest absolute Gasteiger partial charge is 0.381 e. The molecule has 122 valence electrons. The molecule has 0 aromatic carbocycles. The van der Waals surface area contributed by atoms with E-state index < -0.39 is 0 Å². The molecule has 0 spiro atoms. The summed E-state index contributed by atoms with van der Waals surface area (Å²) in [5.41, 5.74) is 0.484. The van der Waals surface area contributed by atoms with Crippen molar-refractivity contribution in [3.8, 4) is 0 Å². The van der Waals surface area contributed by atoms with Crippen LogP contribution in [0.4, 0.5) is 0 Å². The van der Waals surface area contributed by atoms with Crippen LogP contribution in [0, 0.1) is 29.1 Å². The Bertz CT molecular complexity index is 325. The van der Waals surface area contributed by atoms with Gasteiger partial charge in [-0.1, -0.05) is 20.8 Å². The average Bonchev–Trinajstić information content (AvgIpc) is 3.29. The van der Waals surface area contributed by atoms with Crippen LogP contribution in [-0.2, 0) is 4.74 Å². The van der Waals surface area contributed by atoms with Crippen molar-refractivity contribution in [2.45, 2.75) is 71.8 Å². The number of hydrogen-bond acceptors (Lipinski definition) is 2. The van der Waals surface area contributed by atoms with Gasteiger partial charge in [0, 0.05) is 19.3 Å². The lowest BCUT2D eigenvalue weighted by atomic mass is 9.61. The molecule has 0 radical (unpaired) electrons. The van der Waals surface area contributed by atoms with Crippen LogP contribution < -0.4 is 5.32 Å². The molecule has 3 fully saturated rings. The molecule has 2 saturated carbocycles. The fourth-order valence-electron chi connectivity index (χ4n) is 4.63. The maximum atomic E-state index is 5.61. The van der Waals surface area contributed by atoms with Crippen LogP contribution >= 0.6 is 0 Å². The molecule has 3 atom stereocenters. The fourth-order valence-corrected chi connectivity index (χ4v) is 4.63. The molecule has 3 aliphatic rings. The third kappa shape index (κ3) is 4.22. The summed E-state index contributed by atoms with van der Waals surface area (Å²) in [6.45, 7) is 10.6. The Labute approximate surface area is 131 Å². The standard InChI is InChI=1S/C19H35NO/c1-19(2,3)16-5-4-15(13-20-17-6-7-17)18(12-16)14-8-10-21-11-9-14/h14-18,20H,4-13H2,1-3H3. The van der Waals surface area contributed by atoms with Crippen molar-refractivity contribution >= 4 is 0 Å². The Kier molecular flexibility index (Phi) is 4.95. The second kappa shape index (κ2) is 6.58. The van der Waals surface area contributed by atoms with E-state index in [1.807, 2.05) is 0 Å². The minimum atomic E-state index is 0.484. The van der Waals surface area contributed by atoms with E-state index >= 15 is 0 Å². The number of nitrogens with one attached hydrogen (secondary N) is 1. The van der Waals surface area contributed by atoms with E-state index in [1.54, 1.807) is 0 Å². The van der Waals surface area contributed by atoms with Crippen LogP contribution in [0.15, 0.2) is 0 Å². The molecule has 3 rings (SSSR count). The predicted molar refractivity (Wildman–Crippen MR) is 88.3 cm³/mol. The molecule has 0 aromatic rings. The normalized spacial score (nSPS) is 35.9. The van der Waals surface area contributed by atoms with Gasteiger partial charge in [-0.05, 0) is 80.6 Å². The summed E-state index contributed by atoms with van der Waals surface area (Å²) in [5, 5.41) is 3.82. The van der Waals surface area contributed by atoms with Gasteiger partial charge in [-0.15, -0.1) is 0 Å². The van der Waals surface area contributed by atoms with Gasteiger partial charge >= 0.3 is 0 Å². The van der Waals surface area contributed by atoms with Crippen molar-refractivity contribution in [3.63, 3.8) is 0 Å². The van der Waals surface area contributed by atoms with Gasteiger partial charge in [0.05, 0.1) is 0 Å². The molecule has 0 bridgehead atoms.